The summed E-state index contributed by atoms with van der Waals surface area (Å²) in [7, 11) is 0. The van der Waals surface area contributed by atoms with Crippen molar-refractivity contribution in [3.05, 3.63) is 0 Å². The maximum Gasteiger partial charge on any atom is 0.315 e. The minimum Gasteiger partial charge on any atom is -0.481 e. The van der Waals surface area contributed by atoms with Gasteiger partial charge in [-0.15, -0.1) is 0 Å². The van der Waals surface area contributed by atoms with Crippen LogP contribution in [-0.4, -0.2) is 29.7 Å². The van der Waals surface area contributed by atoms with Gasteiger partial charge in [0.25, 0.3) is 0 Å². The lowest BCUT2D eigenvalue weighted by molar-refractivity contribution is -0.142. The van der Waals surface area contributed by atoms with E-state index in [0.717, 1.165) is 12.3 Å². The molecule has 0 radical (unpaired) electrons. The highest BCUT2D eigenvalue weighted by atomic mass is 16.4. The monoisotopic (exact) mass is 296 g/mol. The van der Waals surface area contributed by atoms with Gasteiger partial charge in [-0.25, -0.2) is 4.79 Å². The molecule has 4 atom stereocenters. The summed E-state index contributed by atoms with van der Waals surface area (Å²) in [6.45, 7) is 6.23. The lowest BCUT2D eigenvalue weighted by Crippen LogP contribution is -2.46. The van der Waals surface area contributed by atoms with E-state index in [9.17, 15) is 14.7 Å². The third-order valence-corrected chi connectivity index (χ3v) is 4.77. The molecule has 0 aromatic heterocycles. The molecule has 5 nitrogen and oxygen atoms in total. The summed E-state index contributed by atoms with van der Waals surface area (Å²) >= 11 is 0. The maximum absolute atomic E-state index is 12.0. The molecule has 2 saturated carbocycles. The first-order valence-corrected chi connectivity index (χ1v) is 8.02. The van der Waals surface area contributed by atoms with E-state index in [1.54, 1.807) is 0 Å². The zero-order chi connectivity index (χ0) is 15.6. The Morgan fingerprint density at radius 2 is 1.95 bits per heavy atom. The van der Waals surface area contributed by atoms with E-state index in [4.69, 9.17) is 0 Å². The standard InChI is InChI=1S/C16H28N2O3/c1-16(2,3)8-12(14(19)20)9-17-15(21)18-13-7-10-4-5-11(13)6-10/h10-13H,4-9H2,1-3H3,(H,19,20)(H2,17,18,21). The van der Waals surface area contributed by atoms with Gasteiger partial charge in [-0.2, -0.15) is 0 Å². The van der Waals surface area contributed by atoms with Crippen molar-refractivity contribution in [1.82, 2.24) is 10.6 Å². The molecular weight excluding hydrogens is 268 g/mol. The number of amides is 2. The van der Waals surface area contributed by atoms with Crippen LogP contribution >= 0.6 is 0 Å². The third kappa shape index (κ3) is 4.61. The molecule has 2 rings (SSSR count). The topological polar surface area (TPSA) is 78.4 Å². The molecule has 0 aromatic carbocycles. The van der Waals surface area contributed by atoms with Crippen molar-refractivity contribution >= 4 is 12.0 Å². The summed E-state index contributed by atoms with van der Waals surface area (Å²) in [5.41, 5.74) is -0.0637. The summed E-state index contributed by atoms with van der Waals surface area (Å²) in [5.74, 6) is 0.0412. The molecule has 0 aromatic rings. The van der Waals surface area contributed by atoms with Gasteiger partial charge in [-0.1, -0.05) is 27.2 Å². The number of carbonyl (C=O) groups excluding carboxylic acids is 1. The zero-order valence-corrected chi connectivity index (χ0v) is 13.3. The van der Waals surface area contributed by atoms with Gasteiger partial charge >= 0.3 is 12.0 Å². The Bertz CT molecular complexity index is 403. The average molecular weight is 296 g/mol. The van der Waals surface area contributed by atoms with E-state index in [1.165, 1.54) is 19.3 Å². The molecule has 5 heteroatoms. The first-order valence-electron chi connectivity index (χ1n) is 8.02. The summed E-state index contributed by atoms with van der Waals surface area (Å²) in [4.78, 5) is 23.2. The largest absolute Gasteiger partial charge is 0.481 e. The molecule has 21 heavy (non-hydrogen) atoms. The van der Waals surface area contributed by atoms with E-state index in [1.807, 2.05) is 20.8 Å². The van der Waals surface area contributed by atoms with Crippen molar-refractivity contribution in [1.29, 1.82) is 0 Å². The molecule has 2 amide bonds. The smallest absolute Gasteiger partial charge is 0.315 e. The molecule has 0 heterocycles. The fourth-order valence-electron chi connectivity index (χ4n) is 3.84. The van der Waals surface area contributed by atoms with Gasteiger partial charge in [0.2, 0.25) is 0 Å². The van der Waals surface area contributed by atoms with Gasteiger partial charge in [0.15, 0.2) is 0 Å². The predicted octanol–water partition coefficient (Wildman–Crippen LogP) is 2.61. The third-order valence-electron chi connectivity index (χ3n) is 4.77. The van der Waals surface area contributed by atoms with Crippen molar-refractivity contribution in [2.24, 2.45) is 23.2 Å². The van der Waals surface area contributed by atoms with Crippen LogP contribution in [0.25, 0.3) is 0 Å². The van der Waals surface area contributed by atoms with Crippen molar-refractivity contribution < 1.29 is 14.7 Å². The number of carboxylic acid groups (broad SMARTS) is 1. The molecule has 2 aliphatic rings. The van der Waals surface area contributed by atoms with Crippen LogP contribution in [-0.2, 0) is 4.79 Å². The van der Waals surface area contributed by atoms with E-state index in [-0.39, 0.29) is 24.0 Å². The fraction of sp³-hybridized carbons (Fsp3) is 0.875. The summed E-state index contributed by atoms with van der Waals surface area (Å²) < 4.78 is 0. The van der Waals surface area contributed by atoms with Gasteiger partial charge in [-0.05, 0) is 42.9 Å². The van der Waals surface area contributed by atoms with Crippen LogP contribution in [0.15, 0.2) is 0 Å². The Morgan fingerprint density at radius 1 is 1.24 bits per heavy atom. The van der Waals surface area contributed by atoms with Gasteiger partial charge in [0.05, 0.1) is 5.92 Å². The molecule has 2 fully saturated rings. The number of carbonyl (C=O) groups is 2. The Kier molecular flexibility index (Phi) is 4.79. The number of carboxylic acids is 1. The van der Waals surface area contributed by atoms with Crippen LogP contribution in [0, 0.1) is 23.2 Å². The minimum absolute atomic E-state index is 0.0637. The lowest BCUT2D eigenvalue weighted by Gasteiger charge is -2.25. The van der Waals surface area contributed by atoms with Crippen LogP contribution < -0.4 is 10.6 Å². The van der Waals surface area contributed by atoms with Crippen LogP contribution in [0.1, 0.15) is 52.9 Å². The lowest BCUT2D eigenvalue weighted by atomic mass is 9.84. The number of nitrogens with one attached hydrogen (secondary N) is 2. The number of fused-ring (bicyclic) bond motifs is 2. The first-order chi connectivity index (χ1) is 9.74. The summed E-state index contributed by atoms with van der Waals surface area (Å²) in [5, 5.41) is 15.0. The second-order valence-corrected chi connectivity index (χ2v) is 7.94. The molecule has 2 bridgehead atoms. The van der Waals surface area contributed by atoms with Gasteiger partial charge in [0, 0.05) is 12.6 Å². The second-order valence-electron chi connectivity index (χ2n) is 7.94. The summed E-state index contributed by atoms with van der Waals surface area (Å²) in [6.07, 6.45) is 5.40. The number of aliphatic carboxylic acids is 1. The second kappa shape index (κ2) is 6.24. The van der Waals surface area contributed by atoms with Crippen molar-refractivity contribution in [3.63, 3.8) is 0 Å². The van der Waals surface area contributed by atoms with Crippen LogP contribution in [0.3, 0.4) is 0 Å². The Morgan fingerprint density at radius 3 is 2.43 bits per heavy atom. The fourth-order valence-corrected chi connectivity index (χ4v) is 3.84. The van der Waals surface area contributed by atoms with Crippen molar-refractivity contribution in [2.45, 2.75) is 58.9 Å². The van der Waals surface area contributed by atoms with Gasteiger partial charge in [-0.3, -0.25) is 4.79 Å². The van der Waals surface area contributed by atoms with E-state index < -0.39 is 11.9 Å². The van der Waals surface area contributed by atoms with E-state index in [0.29, 0.717) is 12.3 Å². The zero-order valence-electron chi connectivity index (χ0n) is 13.3. The maximum atomic E-state index is 12.0. The molecule has 0 spiro atoms. The molecule has 120 valence electrons. The normalized spacial score (nSPS) is 29.2. The van der Waals surface area contributed by atoms with Crippen LogP contribution in [0.2, 0.25) is 0 Å². The minimum atomic E-state index is -0.842. The van der Waals surface area contributed by atoms with Crippen molar-refractivity contribution in [3.8, 4) is 0 Å². The molecule has 0 saturated heterocycles. The first kappa shape index (κ1) is 16.1. The van der Waals surface area contributed by atoms with Crippen LogP contribution in [0.5, 0.6) is 0 Å². The number of rotatable bonds is 5. The molecule has 2 aliphatic carbocycles. The average Bonchev–Trinajstić information content (AvgIpc) is 2.94. The highest BCUT2D eigenvalue weighted by Crippen LogP contribution is 2.44. The molecule has 4 unspecified atom stereocenters. The number of hydrogen-bond acceptors (Lipinski definition) is 2. The Balaban J connectivity index is 1.75. The van der Waals surface area contributed by atoms with Gasteiger partial charge < -0.3 is 15.7 Å². The highest BCUT2D eigenvalue weighted by molar-refractivity contribution is 5.76. The van der Waals surface area contributed by atoms with Crippen molar-refractivity contribution in [2.75, 3.05) is 6.54 Å². The Labute approximate surface area is 126 Å². The predicted molar refractivity (Wildman–Crippen MR) is 81.0 cm³/mol. The SMILES string of the molecule is CC(C)(C)CC(CNC(=O)NC1CC2CCC1C2)C(=O)O. The highest BCUT2D eigenvalue weighted by Gasteiger charge is 2.40. The molecule has 3 N–H and O–H groups in total. The van der Waals surface area contributed by atoms with Gasteiger partial charge in [0.1, 0.15) is 0 Å². The number of urea groups is 1. The molecule has 0 aliphatic heterocycles. The number of hydrogen-bond donors (Lipinski definition) is 3. The van der Waals surface area contributed by atoms with E-state index >= 15 is 0 Å². The summed E-state index contributed by atoms with van der Waals surface area (Å²) in [6, 6.07) is 0.0716. The van der Waals surface area contributed by atoms with E-state index in [2.05, 4.69) is 10.6 Å². The molecular formula is C16H28N2O3. The van der Waals surface area contributed by atoms with Crippen LogP contribution in [0.4, 0.5) is 4.79 Å². The Hall–Kier alpha value is -1.26. The quantitative estimate of drug-likeness (QED) is 0.729.